The van der Waals surface area contributed by atoms with Gasteiger partial charge in [0, 0.05) is 23.2 Å². The molecule has 1 heterocycles. The fourth-order valence-electron chi connectivity index (χ4n) is 1.54. The second kappa shape index (κ2) is 4.68. The fourth-order valence-corrected chi connectivity index (χ4v) is 2.68. The summed E-state index contributed by atoms with van der Waals surface area (Å²) in [5.74, 6) is 0. The number of piperidine rings is 1. The largest absolute Gasteiger partial charge is 0.242 e. The summed E-state index contributed by atoms with van der Waals surface area (Å²) in [6.07, 6.45) is 2.50. The number of hydrogen-bond donors (Lipinski definition) is 0. The Hall–Kier alpha value is -0.470. The van der Waals surface area contributed by atoms with E-state index < -0.39 is 0 Å². The van der Waals surface area contributed by atoms with Crippen molar-refractivity contribution in [1.82, 2.24) is 5.32 Å². The minimum absolute atomic E-state index is 0.792. The van der Waals surface area contributed by atoms with E-state index in [1.807, 2.05) is 11.8 Å². The molecule has 0 atom stereocenters. The summed E-state index contributed by atoms with van der Waals surface area (Å²) in [5.41, 5.74) is 0. The molecule has 2 rings (SSSR count). The maximum Gasteiger partial charge on any atom is 0.0144 e. The molecule has 0 aliphatic carbocycles. The molecule has 1 aliphatic rings. The van der Waals surface area contributed by atoms with E-state index in [-0.39, 0.29) is 0 Å². The van der Waals surface area contributed by atoms with E-state index >= 15 is 0 Å². The Morgan fingerprint density at radius 1 is 1.08 bits per heavy atom. The normalized spacial score (nSPS) is 18.8. The lowest BCUT2D eigenvalue weighted by molar-refractivity contribution is 0.522. The Bertz CT molecular complexity index is 242. The first-order chi connectivity index (χ1) is 6.45. The molecule has 2 heteroatoms. The van der Waals surface area contributed by atoms with Crippen molar-refractivity contribution >= 4 is 11.8 Å². The predicted octanol–water partition coefficient (Wildman–Crippen LogP) is 2.55. The van der Waals surface area contributed by atoms with Crippen LogP contribution in [0.1, 0.15) is 12.8 Å². The molecule has 1 aliphatic heterocycles. The van der Waals surface area contributed by atoms with Gasteiger partial charge in [0.25, 0.3) is 0 Å². The van der Waals surface area contributed by atoms with Gasteiger partial charge < -0.3 is 0 Å². The molecule has 0 saturated carbocycles. The lowest BCUT2D eigenvalue weighted by Gasteiger charge is -2.20. The molecular weight excluding hydrogens is 178 g/mol. The van der Waals surface area contributed by atoms with Crippen molar-refractivity contribution in [3.05, 3.63) is 30.3 Å². The molecule has 0 spiro atoms. The van der Waals surface area contributed by atoms with Crippen LogP contribution < -0.4 is 5.32 Å². The number of hydrogen-bond acceptors (Lipinski definition) is 1. The summed E-state index contributed by atoms with van der Waals surface area (Å²) in [7, 11) is 0. The summed E-state index contributed by atoms with van der Waals surface area (Å²) >= 11 is 2.00. The van der Waals surface area contributed by atoms with E-state index in [1.54, 1.807) is 0 Å². The Morgan fingerprint density at radius 3 is 2.46 bits per heavy atom. The van der Waals surface area contributed by atoms with Crippen LogP contribution in [0.25, 0.3) is 0 Å². The first kappa shape index (κ1) is 9.10. The van der Waals surface area contributed by atoms with Crippen molar-refractivity contribution in [1.29, 1.82) is 0 Å². The number of rotatable bonds is 2. The maximum atomic E-state index is 4.36. The van der Waals surface area contributed by atoms with E-state index in [0.29, 0.717) is 0 Å². The van der Waals surface area contributed by atoms with Crippen LogP contribution in [-0.2, 0) is 0 Å². The summed E-state index contributed by atoms with van der Waals surface area (Å²) in [6.45, 7) is 2.12. The lowest BCUT2D eigenvalue weighted by atomic mass is 10.2. The maximum absolute atomic E-state index is 4.36. The van der Waals surface area contributed by atoms with Crippen LogP contribution in [0.4, 0.5) is 0 Å². The van der Waals surface area contributed by atoms with Crippen LogP contribution in [-0.4, -0.2) is 18.3 Å². The van der Waals surface area contributed by atoms with E-state index in [2.05, 4.69) is 35.6 Å². The summed E-state index contributed by atoms with van der Waals surface area (Å²) in [4.78, 5) is 1.40. The van der Waals surface area contributed by atoms with Crippen molar-refractivity contribution < 1.29 is 0 Å². The van der Waals surface area contributed by atoms with Crippen molar-refractivity contribution in [3.63, 3.8) is 0 Å². The monoisotopic (exact) mass is 192 g/mol. The zero-order chi connectivity index (χ0) is 8.93. The second-order valence-electron chi connectivity index (χ2n) is 3.30. The van der Waals surface area contributed by atoms with Crippen LogP contribution >= 0.6 is 11.8 Å². The Labute approximate surface area is 83.9 Å². The third-order valence-corrected chi connectivity index (χ3v) is 3.61. The van der Waals surface area contributed by atoms with Crippen LogP contribution in [0.2, 0.25) is 0 Å². The summed E-state index contributed by atoms with van der Waals surface area (Å²) in [6, 6.07) is 10.7. The van der Waals surface area contributed by atoms with Gasteiger partial charge in [-0.2, -0.15) is 0 Å². The van der Waals surface area contributed by atoms with Crippen molar-refractivity contribution in [2.75, 3.05) is 13.1 Å². The number of benzene rings is 1. The average molecular weight is 192 g/mol. The van der Waals surface area contributed by atoms with Gasteiger partial charge in [0.05, 0.1) is 0 Å². The molecule has 0 amide bonds. The molecule has 0 aromatic heterocycles. The highest BCUT2D eigenvalue weighted by Crippen LogP contribution is 2.28. The minimum Gasteiger partial charge on any atom is -0.242 e. The quantitative estimate of drug-likeness (QED) is 0.702. The van der Waals surface area contributed by atoms with Gasteiger partial charge in [-0.15, -0.1) is 11.8 Å². The smallest absolute Gasteiger partial charge is 0.0144 e. The molecule has 0 N–H and O–H groups in total. The van der Waals surface area contributed by atoms with E-state index in [1.165, 1.54) is 17.7 Å². The third-order valence-electron chi connectivity index (χ3n) is 2.26. The SMILES string of the molecule is c1ccc(SC2CC[N]CC2)cc1. The zero-order valence-corrected chi connectivity index (χ0v) is 8.46. The van der Waals surface area contributed by atoms with Crippen LogP contribution in [0.5, 0.6) is 0 Å². The highest BCUT2D eigenvalue weighted by molar-refractivity contribution is 8.00. The van der Waals surface area contributed by atoms with Gasteiger partial charge in [-0.1, -0.05) is 18.2 Å². The molecule has 1 fully saturated rings. The lowest BCUT2D eigenvalue weighted by Crippen LogP contribution is -2.23. The third kappa shape index (κ3) is 2.75. The first-order valence-corrected chi connectivity index (χ1v) is 5.68. The predicted molar refractivity (Wildman–Crippen MR) is 57.2 cm³/mol. The molecule has 1 aromatic carbocycles. The first-order valence-electron chi connectivity index (χ1n) is 4.80. The van der Waals surface area contributed by atoms with Crippen molar-refractivity contribution in [2.45, 2.75) is 23.0 Å². The van der Waals surface area contributed by atoms with Crippen LogP contribution in [0, 0.1) is 0 Å². The van der Waals surface area contributed by atoms with E-state index in [9.17, 15) is 0 Å². The zero-order valence-electron chi connectivity index (χ0n) is 7.65. The van der Waals surface area contributed by atoms with Crippen molar-refractivity contribution in [3.8, 4) is 0 Å². The second-order valence-corrected chi connectivity index (χ2v) is 4.67. The highest BCUT2D eigenvalue weighted by atomic mass is 32.2. The van der Waals surface area contributed by atoms with Crippen LogP contribution in [0.3, 0.4) is 0 Å². The van der Waals surface area contributed by atoms with Gasteiger partial charge in [-0.3, -0.25) is 0 Å². The van der Waals surface area contributed by atoms with Gasteiger partial charge in [0.2, 0.25) is 0 Å². The minimum atomic E-state index is 0.792. The molecule has 1 nitrogen and oxygen atoms in total. The van der Waals surface area contributed by atoms with Crippen LogP contribution in [0.15, 0.2) is 35.2 Å². The topological polar surface area (TPSA) is 14.1 Å². The molecule has 0 unspecified atom stereocenters. The highest BCUT2D eigenvalue weighted by Gasteiger charge is 2.14. The molecule has 1 radical (unpaired) electrons. The molecule has 69 valence electrons. The number of thioether (sulfide) groups is 1. The standard InChI is InChI=1S/C11H14NS/c1-2-4-10(5-3-1)13-11-6-8-12-9-7-11/h1-5,11H,6-9H2. The Kier molecular flexibility index (Phi) is 3.27. The molecular formula is C11H14NS. The van der Waals surface area contributed by atoms with Gasteiger partial charge >= 0.3 is 0 Å². The van der Waals surface area contributed by atoms with E-state index in [4.69, 9.17) is 0 Å². The van der Waals surface area contributed by atoms with Gasteiger partial charge in [0.15, 0.2) is 0 Å². The average Bonchev–Trinajstić information content (AvgIpc) is 2.21. The summed E-state index contributed by atoms with van der Waals surface area (Å²) in [5, 5.41) is 5.15. The van der Waals surface area contributed by atoms with Gasteiger partial charge in [-0.05, 0) is 25.0 Å². The van der Waals surface area contributed by atoms with Crippen molar-refractivity contribution in [2.24, 2.45) is 0 Å². The Balaban J connectivity index is 1.90. The molecule has 1 aromatic rings. The molecule has 0 bridgehead atoms. The fraction of sp³-hybridized carbons (Fsp3) is 0.455. The summed E-state index contributed by atoms with van der Waals surface area (Å²) < 4.78 is 0. The Morgan fingerprint density at radius 2 is 1.77 bits per heavy atom. The van der Waals surface area contributed by atoms with E-state index in [0.717, 1.165) is 18.3 Å². The molecule has 1 saturated heterocycles. The van der Waals surface area contributed by atoms with Gasteiger partial charge in [0.1, 0.15) is 0 Å². The molecule has 13 heavy (non-hydrogen) atoms. The van der Waals surface area contributed by atoms with Gasteiger partial charge in [-0.25, -0.2) is 5.32 Å². The number of nitrogens with zero attached hydrogens (tertiary/aromatic N) is 1.